The van der Waals surface area contributed by atoms with Gasteiger partial charge in [0.1, 0.15) is 12.4 Å². The van der Waals surface area contributed by atoms with Gasteiger partial charge in [-0.05, 0) is 190 Å². The summed E-state index contributed by atoms with van der Waals surface area (Å²) in [6.45, 7) is 8.68. The van der Waals surface area contributed by atoms with E-state index in [1.807, 2.05) is 0 Å². The van der Waals surface area contributed by atoms with Gasteiger partial charge in [-0.3, -0.25) is 19.2 Å². The van der Waals surface area contributed by atoms with Gasteiger partial charge in [0, 0.05) is 39.0 Å². The van der Waals surface area contributed by atoms with Crippen molar-refractivity contribution in [2.24, 2.45) is 40.9 Å². The van der Waals surface area contributed by atoms with Crippen LogP contribution in [-0.4, -0.2) is 158 Å². The molecule has 1 amide bonds. The second-order valence-electron chi connectivity index (χ2n) is 27.7. The molecule has 96 heavy (non-hydrogen) atoms. The normalized spacial score (nSPS) is 20.6. The summed E-state index contributed by atoms with van der Waals surface area (Å²) in [6, 6.07) is 0. The van der Waals surface area contributed by atoms with Crippen molar-refractivity contribution < 1.29 is 105 Å². The third-order valence-electron chi connectivity index (χ3n) is 19.5. The van der Waals surface area contributed by atoms with Gasteiger partial charge in [-0.15, -0.1) is 0 Å². The Hall–Kier alpha value is -0.592. The molecule has 0 aromatic rings. The SMILES string of the molecule is C1CCCC1.C1CCCC1.C1CCCC1.CN(CCCCCC(=O)O)CC1CCCC1.CN(CCOCCOCC(=O)O)CC1CCCC1.O=C(O)CCCCCNCC1CCCC1.O=C(O)CSSCC(=O)NCCCC12CC3CC(CC(C3)C1)C2.[CH3-].[CH3-].[CH3-].[CH3-].[CH3-].[CH3-].[Fe+2].[Fe+2].[Fe+2]. The summed E-state index contributed by atoms with van der Waals surface area (Å²) >= 11 is 0. The number of amides is 1. The smallest absolute Gasteiger partial charge is 0.481 e. The summed E-state index contributed by atoms with van der Waals surface area (Å²) in [7, 11) is 6.86. The van der Waals surface area contributed by atoms with E-state index in [0.717, 1.165) is 107 Å². The number of ether oxygens (including phenoxy) is 2. The Morgan fingerprint density at radius 3 is 1.22 bits per heavy atom. The molecule has 0 unspecified atom stereocenters. The fourth-order valence-electron chi connectivity index (χ4n) is 15.3. The van der Waals surface area contributed by atoms with Crippen LogP contribution in [0.2, 0.25) is 0 Å². The number of hydrogen-bond acceptors (Lipinski definition) is 12. The molecule has 10 fully saturated rings. The van der Waals surface area contributed by atoms with Crippen molar-refractivity contribution in [3.05, 3.63) is 44.6 Å². The fraction of sp³-hybridized carbons (Fsp3) is 0.855. The zero-order chi connectivity index (χ0) is 62.8. The summed E-state index contributed by atoms with van der Waals surface area (Å²) in [6.07, 6.45) is 57.0. The van der Waals surface area contributed by atoms with E-state index in [2.05, 4.69) is 34.5 Å². The van der Waals surface area contributed by atoms with E-state index < -0.39 is 23.9 Å². The van der Waals surface area contributed by atoms with Crippen LogP contribution < -0.4 is 10.6 Å². The van der Waals surface area contributed by atoms with Crippen LogP contribution in [-0.2, 0) is 84.7 Å². The molecule has 0 saturated heterocycles. The Balaban J connectivity index is -0.000000200. The molecule has 10 rings (SSSR count). The Morgan fingerprint density at radius 1 is 0.427 bits per heavy atom. The predicted molar refractivity (Wildman–Crippen MR) is 398 cm³/mol. The first kappa shape index (κ1) is 109. The predicted octanol–water partition coefficient (Wildman–Crippen LogP) is 18.5. The van der Waals surface area contributed by atoms with Gasteiger partial charge in [-0.2, -0.15) is 0 Å². The van der Waals surface area contributed by atoms with E-state index in [9.17, 15) is 24.0 Å². The average molecular weight is 1530 g/mol. The van der Waals surface area contributed by atoms with Gasteiger partial charge in [0.25, 0.3) is 0 Å². The standard InChI is InChI=1S/C17H27NO3S2.C13H25NO4.C13H25NO2.C12H23NO2.3C5H10.6CH3.3Fe/c19-15(10-22-23-11-16(20)21)18-3-1-2-17-7-12-4-13(8-17)6-14(5-12)9-17;1-14(10-12-4-2-3-5-12)6-7-17-8-9-18-11-13(15)16;1-14(11-12-7-4-5-8-12)10-6-2-3-9-13(15)16;14-12(15)8-2-1-5-9-13-10-11-6-3-4-7-11;3*1-2-4-5-3-1;;;;;;;;;/h12-14H,1-11H2,(H,18,19)(H,20,21);12H,2-11H2,1H3,(H,15,16);12H,2-11H2,1H3,(H,15,16);11,13H,1-10H2,(H,14,15);3*1-5H2;6*1H3;;;/q;;;;;;;6*-1;3*+2. The largest absolute Gasteiger partial charge is 2.00 e. The van der Waals surface area contributed by atoms with Crippen LogP contribution >= 0.6 is 21.6 Å². The number of carboxylic acid groups (broad SMARTS) is 4. The minimum atomic E-state index is -0.939. The number of carbonyl (C=O) groups excluding carboxylic acids is 1. The number of nitrogens with one attached hydrogen (secondary N) is 2. The Labute approximate surface area is 631 Å². The number of carboxylic acids is 4. The molecule has 10 saturated carbocycles. The van der Waals surface area contributed by atoms with E-state index in [4.69, 9.17) is 29.9 Å². The van der Waals surface area contributed by atoms with E-state index in [1.54, 1.807) is 0 Å². The first-order valence-electron chi connectivity index (χ1n) is 35.8. The van der Waals surface area contributed by atoms with Crippen LogP contribution in [0.4, 0.5) is 0 Å². The first-order valence-corrected chi connectivity index (χ1v) is 38.3. The molecule has 0 aromatic heterocycles. The van der Waals surface area contributed by atoms with Crippen LogP contribution in [0, 0.1) is 85.5 Å². The van der Waals surface area contributed by atoms with E-state index in [1.165, 1.54) is 260 Å². The van der Waals surface area contributed by atoms with Crippen molar-refractivity contribution in [3.8, 4) is 0 Å². The molecule has 0 spiro atoms. The molecule has 10 aliphatic rings. The zero-order valence-electron chi connectivity index (χ0n) is 62.5. The quantitative estimate of drug-likeness (QED) is 0.0151. The second kappa shape index (κ2) is 72.7. The number of rotatable bonds is 35. The molecule has 0 aromatic carbocycles. The topological polar surface area (TPSA) is 215 Å². The second-order valence-corrected chi connectivity index (χ2v) is 30.2. The monoisotopic (exact) mass is 1520 g/mol. The molecule has 0 radical (unpaired) electrons. The van der Waals surface area contributed by atoms with Crippen molar-refractivity contribution in [2.45, 2.75) is 276 Å². The van der Waals surface area contributed by atoms with E-state index in [0.29, 0.717) is 43.8 Å². The van der Waals surface area contributed by atoms with Gasteiger partial charge in [-0.1, -0.05) is 169 Å². The maximum atomic E-state index is 11.7. The third kappa shape index (κ3) is 62.0. The Kier molecular flexibility index (Phi) is 82.4. The number of aliphatic carboxylic acids is 4. The van der Waals surface area contributed by atoms with Crippen molar-refractivity contribution in [2.75, 3.05) is 97.8 Å². The summed E-state index contributed by atoms with van der Waals surface area (Å²) in [5, 5.41) is 40.3. The number of carbonyl (C=O) groups is 5. The Morgan fingerprint density at radius 2 is 0.812 bits per heavy atom. The maximum Gasteiger partial charge on any atom is 2.00 e. The first-order chi connectivity index (χ1) is 42.2. The van der Waals surface area contributed by atoms with Gasteiger partial charge in [0.2, 0.25) is 5.91 Å². The van der Waals surface area contributed by atoms with Gasteiger partial charge < -0.3 is 94.9 Å². The Bertz CT molecular complexity index is 1660. The van der Waals surface area contributed by atoms with E-state index in [-0.39, 0.29) is 114 Å². The minimum Gasteiger partial charge on any atom is -0.481 e. The molecule has 10 aliphatic carbocycles. The summed E-state index contributed by atoms with van der Waals surface area (Å²) in [5.41, 5.74) is 0.603. The number of hydrogen-bond donors (Lipinski definition) is 6. The van der Waals surface area contributed by atoms with Gasteiger partial charge in [0.15, 0.2) is 0 Å². The van der Waals surface area contributed by atoms with Crippen LogP contribution in [0.25, 0.3) is 0 Å². The zero-order valence-corrected chi connectivity index (χ0v) is 67.4. The summed E-state index contributed by atoms with van der Waals surface area (Å²) in [4.78, 5) is 57.6. The van der Waals surface area contributed by atoms with Crippen molar-refractivity contribution >= 4 is 51.4 Å². The number of unbranched alkanes of at least 4 members (excludes halogenated alkanes) is 4. The summed E-state index contributed by atoms with van der Waals surface area (Å²) in [5.74, 6) is 2.99. The van der Waals surface area contributed by atoms with Crippen LogP contribution in [0.5, 0.6) is 0 Å². The van der Waals surface area contributed by atoms with Gasteiger partial charge in [-0.25, -0.2) is 4.79 Å². The molecule has 0 aliphatic heterocycles. The maximum absolute atomic E-state index is 11.7. The van der Waals surface area contributed by atoms with Crippen LogP contribution in [0.1, 0.15) is 276 Å². The molecule has 6 N–H and O–H groups in total. The average Bonchev–Trinajstić information content (AvgIpc) is 0.877. The molecule has 0 heterocycles. The molecule has 15 nitrogen and oxygen atoms in total. The molecule has 574 valence electrons. The number of likely N-dealkylation sites (N-methyl/N-ethyl adjacent to an activating group) is 1. The fourth-order valence-corrected chi connectivity index (χ4v) is 16.9. The van der Waals surface area contributed by atoms with Gasteiger partial charge >= 0.3 is 75.1 Å². The third-order valence-corrected chi connectivity index (χ3v) is 21.6. The molecule has 0 atom stereocenters. The van der Waals surface area contributed by atoms with Crippen molar-refractivity contribution in [1.82, 2.24) is 20.4 Å². The van der Waals surface area contributed by atoms with Crippen LogP contribution in [0.15, 0.2) is 0 Å². The van der Waals surface area contributed by atoms with E-state index >= 15 is 0 Å². The van der Waals surface area contributed by atoms with Crippen LogP contribution in [0.3, 0.4) is 0 Å². The summed E-state index contributed by atoms with van der Waals surface area (Å²) < 4.78 is 10.3. The minimum absolute atomic E-state index is 0. The van der Waals surface area contributed by atoms with Gasteiger partial charge in [0.05, 0.1) is 25.6 Å². The van der Waals surface area contributed by atoms with Crippen molar-refractivity contribution in [3.63, 3.8) is 0 Å². The molecule has 20 heteroatoms. The molecular formula is C76H148Fe3N4O11S2. The molecular weight excluding hydrogens is 1380 g/mol. The number of nitrogens with zero attached hydrogens (tertiary/aromatic N) is 2. The molecule has 4 bridgehead atoms. The van der Waals surface area contributed by atoms with Crippen molar-refractivity contribution in [1.29, 1.82) is 0 Å².